The molecule has 0 aliphatic rings. The molecule has 2 aromatic rings. The Labute approximate surface area is 101 Å². The first kappa shape index (κ1) is 11.5. The van der Waals surface area contributed by atoms with Crippen molar-refractivity contribution in [3.8, 4) is 0 Å². The molecule has 2 nitrogen and oxygen atoms in total. The van der Waals surface area contributed by atoms with Crippen LogP contribution in [0, 0.1) is 0 Å². The zero-order valence-electron chi connectivity index (χ0n) is 9.87. The molecule has 16 heavy (non-hydrogen) atoms. The fourth-order valence-electron chi connectivity index (χ4n) is 2.16. The zero-order chi connectivity index (χ0) is 11.9. The van der Waals surface area contributed by atoms with E-state index in [4.69, 9.17) is 17.3 Å². The van der Waals surface area contributed by atoms with E-state index >= 15 is 0 Å². The van der Waals surface area contributed by atoms with Gasteiger partial charge in [-0.15, -0.1) is 0 Å². The van der Waals surface area contributed by atoms with E-state index in [0.717, 1.165) is 21.6 Å². The minimum atomic E-state index is 0.0193. The molecule has 0 fully saturated rings. The Bertz CT molecular complexity index is 512. The highest BCUT2D eigenvalue weighted by Crippen LogP contribution is 2.31. The van der Waals surface area contributed by atoms with Crippen molar-refractivity contribution in [1.82, 2.24) is 4.57 Å². The number of aromatic nitrogens is 1. The second kappa shape index (κ2) is 4.11. The molecule has 1 unspecified atom stereocenters. The van der Waals surface area contributed by atoms with Crippen molar-refractivity contribution in [3.63, 3.8) is 0 Å². The molecule has 0 bridgehead atoms. The first-order valence-electron chi connectivity index (χ1n) is 5.57. The first-order chi connectivity index (χ1) is 7.52. The Morgan fingerprint density at radius 1 is 1.25 bits per heavy atom. The van der Waals surface area contributed by atoms with Crippen LogP contribution < -0.4 is 5.73 Å². The average molecular weight is 237 g/mol. The van der Waals surface area contributed by atoms with Crippen LogP contribution in [0.3, 0.4) is 0 Å². The lowest BCUT2D eigenvalue weighted by Crippen LogP contribution is -2.13. The van der Waals surface area contributed by atoms with E-state index in [9.17, 15) is 0 Å². The Morgan fingerprint density at radius 2 is 1.94 bits per heavy atom. The van der Waals surface area contributed by atoms with Crippen LogP contribution in [0.25, 0.3) is 10.9 Å². The molecular weight excluding hydrogens is 220 g/mol. The maximum atomic E-state index is 6.20. The summed E-state index contributed by atoms with van der Waals surface area (Å²) in [4.78, 5) is 0. The number of rotatable bonds is 2. The second-order valence-electron chi connectivity index (χ2n) is 4.49. The highest BCUT2D eigenvalue weighted by molar-refractivity contribution is 6.35. The molecule has 0 spiro atoms. The standard InChI is InChI=1S/C13H17ClN2/c1-8(2)16-12-6-4-5-11(14)10(12)7-13(16)9(3)15/h4-9H,15H2,1-3H3. The minimum absolute atomic E-state index is 0.0193. The molecule has 1 aromatic heterocycles. The third-order valence-corrected chi connectivity index (χ3v) is 3.17. The van der Waals surface area contributed by atoms with Crippen LogP contribution in [0.2, 0.25) is 5.02 Å². The van der Waals surface area contributed by atoms with Crippen LogP contribution in [0.15, 0.2) is 24.3 Å². The molecule has 1 aromatic carbocycles. The van der Waals surface area contributed by atoms with Gasteiger partial charge in [-0.25, -0.2) is 0 Å². The van der Waals surface area contributed by atoms with Gasteiger partial charge in [0.25, 0.3) is 0 Å². The average Bonchev–Trinajstić information content (AvgIpc) is 2.58. The van der Waals surface area contributed by atoms with Gasteiger partial charge in [0.05, 0.1) is 5.52 Å². The molecule has 0 saturated carbocycles. The highest BCUT2D eigenvalue weighted by Gasteiger charge is 2.15. The van der Waals surface area contributed by atoms with Gasteiger partial charge in [0.1, 0.15) is 0 Å². The Balaban J connectivity index is 2.81. The normalized spacial score (nSPS) is 13.6. The van der Waals surface area contributed by atoms with Crippen molar-refractivity contribution in [2.75, 3.05) is 0 Å². The van der Waals surface area contributed by atoms with Crippen molar-refractivity contribution in [1.29, 1.82) is 0 Å². The van der Waals surface area contributed by atoms with Gasteiger partial charge < -0.3 is 10.3 Å². The van der Waals surface area contributed by atoms with E-state index in [1.54, 1.807) is 0 Å². The number of nitrogens with two attached hydrogens (primary N) is 1. The summed E-state index contributed by atoms with van der Waals surface area (Å²) in [5.74, 6) is 0. The van der Waals surface area contributed by atoms with Gasteiger partial charge in [-0.3, -0.25) is 0 Å². The van der Waals surface area contributed by atoms with Gasteiger partial charge >= 0.3 is 0 Å². The van der Waals surface area contributed by atoms with Gasteiger partial charge in [0.2, 0.25) is 0 Å². The summed E-state index contributed by atoms with van der Waals surface area (Å²) in [5, 5.41) is 1.88. The highest BCUT2D eigenvalue weighted by atomic mass is 35.5. The molecule has 0 aliphatic carbocycles. The molecule has 0 radical (unpaired) electrons. The Hall–Kier alpha value is -0.990. The predicted octanol–water partition coefficient (Wildman–Crippen LogP) is 3.90. The van der Waals surface area contributed by atoms with Crippen LogP contribution >= 0.6 is 11.6 Å². The summed E-state index contributed by atoms with van der Waals surface area (Å²) in [6.45, 7) is 6.32. The third-order valence-electron chi connectivity index (χ3n) is 2.84. The lowest BCUT2D eigenvalue weighted by atomic mass is 10.2. The van der Waals surface area contributed by atoms with Crippen molar-refractivity contribution < 1.29 is 0 Å². The van der Waals surface area contributed by atoms with Gasteiger partial charge in [-0.05, 0) is 39.0 Å². The summed E-state index contributed by atoms with van der Waals surface area (Å²) >= 11 is 6.20. The number of hydrogen-bond donors (Lipinski definition) is 1. The van der Waals surface area contributed by atoms with Crippen LogP contribution in [0.5, 0.6) is 0 Å². The van der Waals surface area contributed by atoms with Gasteiger partial charge in [0.15, 0.2) is 0 Å². The first-order valence-corrected chi connectivity index (χ1v) is 5.95. The van der Waals surface area contributed by atoms with Crippen molar-refractivity contribution >= 4 is 22.5 Å². The predicted molar refractivity (Wildman–Crippen MR) is 69.9 cm³/mol. The second-order valence-corrected chi connectivity index (χ2v) is 4.90. The molecule has 1 atom stereocenters. The summed E-state index contributed by atoms with van der Waals surface area (Å²) in [7, 11) is 0. The van der Waals surface area contributed by atoms with Crippen molar-refractivity contribution in [2.45, 2.75) is 32.9 Å². The molecule has 2 N–H and O–H groups in total. The van der Waals surface area contributed by atoms with E-state index in [1.165, 1.54) is 0 Å². The van der Waals surface area contributed by atoms with Gasteiger partial charge in [0, 0.05) is 28.2 Å². The summed E-state index contributed by atoms with van der Waals surface area (Å²) < 4.78 is 2.26. The van der Waals surface area contributed by atoms with E-state index in [2.05, 4.69) is 30.5 Å². The number of hydrogen-bond acceptors (Lipinski definition) is 1. The molecule has 86 valence electrons. The van der Waals surface area contributed by atoms with E-state index in [-0.39, 0.29) is 6.04 Å². The quantitative estimate of drug-likeness (QED) is 0.843. The smallest absolute Gasteiger partial charge is 0.0500 e. The van der Waals surface area contributed by atoms with Gasteiger partial charge in [-0.2, -0.15) is 0 Å². The van der Waals surface area contributed by atoms with Crippen molar-refractivity contribution in [3.05, 3.63) is 35.0 Å². The topological polar surface area (TPSA) is 30.9 Å². The molecule has 0 saturated heterocycles. The fraction of sp³-hybridized carbons (Fsp3) is 0.385. The van der Waals surface area contributed by atoms with Crippen LogP contribution in [-0.4, -0.2) is 4.57 Å². The monoisotopic (exact) mass is 236 g/mol. The lowest BCUT2D eigenvalue weighted by molar-refractivity contribution is 0.571. The largest absolute Gasteiger partial charge is 0.340 e. The molecule has 2 rings (SSSR count). The molecule has 0 amide bonds. The summed E-state index contributed by atoms with van der Waals surface area (Å²) in [5.41, 5.74) is 8.30. The third kappa shape index (κ3) is 1.72. The zero-order valence-corrected chi connectivity index (χ0v) is 10.6. The number of halogens is 1. The maximum absolute atomic E-state index is 6.20. The molecular formula is C13H17ClN2. The molecule has 0 aliphatic heterocycles. The maximum Gasteiger partial charge on any atom is 0.0500 e. The lowest BCUT2D eigenvalue weighted by Gasteiger charge is -2.16. The van der Waals surface area contributed by atoms with Crippen LogP contribution in [0.1, 0.15) is 38.5 Å². The fourth-order valence-corrected chi connectivity index (χ4v) is 2.39. The summed E-state index contributed by atoms with van der Waals surface area (Å²) in [6, 6.07) is 8.49. The van der Waals surface area contributed by atoms with E-state index < -0.39 is 0 Å². The van der Waals surface area contributed by atoms with Gasteiger partial charge in [-0.1, -0.05) is 17.7 Å². The van der Waals surface area contributed by atoms with Crippen LogP contribution in [0.4, 0.5) is 0 Å². The van der Waals surface area contributed by atoms with E-state index in [1.807, 2.05) is 19.1 Å². The molecule has 3 heteroatoms. The van der Waals surface area contributed by atoms with Crippen LogP contribution in [-0.2, 0) is 0 Å². The number of fused-ring (bicyclic) bond motifs is 1. The minimum Gasteiger partial charge on any atom is -0.340 e. The number of nitrogens with zero attached hydrogens (tertiary/aromatic N) is 1. The van der Waals surface area contributed by atoms with E-state index in [0.29, 0.717) is 6.04 Å². The Kier molecular flexibility index (Phi) is 2.96. The SMILES string of the molecule is CC(N)c1cc2c(Cl)cccc2n1C(C)C. The Morgan fingerprint density at radius 3 is 2.50 bits per heavy atom. The van der Waals surface area contributed by atoms with Crippen molar-refractivity contribution in [2.24, 2.45) is 5.73 Å². The summed E-state index contributed by atoms with van der Waals surface area (Å²) in [6.07, 6.45) is 0. The number of benzene rings is 1. The molecule has 1 heterocycles.